The van der Waals surface area contributed by atoms with E-state index in [-0.39, 0.29) is 5.91 Å². The molecule has 0 bridgehead atoms. The number of hydrogen-bond donors (Lipinski definition) is 2. The number of pyridine rings is 2. The van der Waals surface area contributed by atoms with Gasteiger partial charge in [-0.05, 0) is 43.7 Å². The van der Waals surface area contributed by atoms with E-state index in [1.807, 2.05) is 24.3 Å². The van der Waals surface area contributed by atoms with Gasteiger partial charge in [0.15, 0.2) is 0 Å². The van der Waals surface area contributed by atoms with Crippen molar-refractivity contribution >= 4 is 38.7 Å². The molecule has 0 radical (unpaired) electrons. The standard InChI is InChI=1S/C21H22N6O/c22-9-3-1-2-4-10-25-21(28)16-13-26-19-14-7-5-11-23-17(14)18-15(20(19)27-16)8-6-12-24-18/h5-8,11-13H,1-4,9-10,22H2,(H,25,28). The van der Waals surface area contributed by atoms with Gasteiger partial charge in [-0.2, -0.15) is 0 Å². The number of carbonyl (C=O) groups excluding carboxylic acids is 1. The van der Waals surface area contributed by atoms with Crippen LogP contribution in [0.5, 0.6) is 0 Å². The summed E-state index contributed by atoms with van der Waals surface area (Å²) in [5.74, 6) is -0.212. The molecule has 3 heterocycles. The van der Waals surface area contributed by atoms with E-state index in [0.717, 1.165) is 53.0 Å². The summed E-state index contributed by atoms with van der Waals surface area (Å²) >= 11 is 0. The topological polar surface area (TPSA) is 107 Å². The summed E-state index contributed by atoms with van der Waals surface area (Å²) < 4.78 is 0. The Morgan fingerprint density at radius 2 is 1.50 bits per heavy atom. The van der Waals surface area contributed by atoms with E-state index < -0.39 is 0 Å². The number of aromatic nitrogens is 4. The normalized spacial score (nSPS) is 11.3. The highest BCUT2D eigenvalue weighted by Gasteiger charge is 2.15. The molecule has 0 aliphatic carbocycles. The van der Waals surface area contributed by atoms with Gasteiger partial charge in [-0.15, -0.1) is 0 Å². The third kappa shape index (κ3) is 3.48. The van der Waals surface area contributed by atoms with Gasteiger partial charge in [-0.25, -0.2) is 4.98 Å². The second kappa shape index (κ2) is 8.22. The lowest BCUT2D eigenvalue weighted by atomic mass is 10.1. The number of benzene rings is 1. The van der Waals surface area contributed by atoms with Crippen LogP contribution in [0.15, 0.2) is 42.9 Å². The number of fused-ring (bicyclic) bond motifs is 6. The van der Waals surface area contributed by atoms with Crippen molar-refractivity contribution < 1.29 is 4.79 Å². The highest BCUT2D eigenvalue weighted by Crippen LogP contribution is 2.30. The van der Waals surface area contributed by atoms with Crippen molar-refractivity contribution in [2.75, 3.05) is 13.1 Å². The zero-order valence-electron chi connectivity index (χ0n) is 15.6. The van der Waals surface area contributed by atoms with Crippen molar-refractivity contribution in [3.8, 4) is 0 Å². The predicted molar refractivity (Wildman–Crippen MR) is 110 cm³/mol. The summed E-state index contributed by atoms with van der Waals surface area (Å²) in [5.41, 5.74) is 8.74. The minimum atomic E-state index is -0.212. The fourth-order valence-electron chi connectivity index (χ4n) is 3.37. The van der Waals surface area contributed by atoms with E-state index in [9.17, 15) is 4.79 Å². The van der Waals surface area contributed by atoms with Crippen LogP contribution in [0.4, 0.5) is 0 Å². The monoisotopic (exact) mass is 374 g/mol. The molecular formula is C21H22N6O. The molecule has 7 nitrogen and oxygen atoms in total. The van der Waals surface area contributed by atoms with Crippen LogP contribution in [0, 0.1) is 0 Å². The van der Waals surface area contributed by atoms with Gasteiger partial charge in [0.25, 0.3) is 5.91 Å². The van der Waals surface area contributed by atoms with E-state index in [1.165, 1.54) is 6.20 Å². The summed E-state index contributed by atoms with van der Waals surface area (Å²) in [4.78, 5) is 30.6. The van der Waals surface area contributed by atoms with E-state index in [2.05, 4.69) is 25.3 Å². The van der Waals surface area contributed by atoms with Gasteiger partial charge in [0, 0.05) is 29.7 Å². The third-order valence-electron chi connectivity index (χ3n) is 4.77. The number of rotatable bonds is 7. The SMILES string of the molecule is NCCCCCCNC(=O)c1cnc2c3cccnc3c3ncccc3c2n1. The Morgan fingerprint density at radius 1 is 0.857 bits per heavy atom. The second-order valence-corrected chi connectivity index (χ2v) is 6.71. The van der Waals surface area contributed by atoms with Crippen LogP contribution in [0.25, 0.3) is 32.8 Å². The molecule has 1 amide bonds. The lowest BCUT2D eigenvalue weighted by molar-refractivity contribution is 0.0948. The van der Waals surface area contributed by atoms with Crippen LogP contribution in [-0.4, -0.2) is 38.9 Å². The number of nitrogens with one attached hydrogen (secondary N) is 1. The minimum Gasteiger partial charge on any atom is -0.351 e. The van der Waals surface area contributed by atoms with E-state index in [1.54, 1.807) is 12.4 Å². The molecule has 142 valence electrons. The Labute approximate surface area is 162 Å². The Bertz CT molecular complexity index is 1110. The Balaban J connectivity index is 1.66. The first-order valence-corrected chi connectivity index (χ1v) is 9.56. The summed E-state index contributed by atoms with van der Waals surface area (Å²) in [6.07, 6.45) is 9.09. The Kier molecular flexibility index (Phi) is 5.34. The fourth-order valence-corrected chi connectivity index (χ4v) is 3.37. The first-order valence-electron chi connectivity index (χ1n) is 9.56. The van der Waals surface area contributed by atoms with Crippen LogP contribution >= 0.6 is 0 Å². The molecule has 0 fully saturated rings. The molecule has 1 aromatic carbocycles. The van der Waals surface area contributed by atoms with E-state index in [4.69, 9.17) is 5.73 Å². The van der Waals surface area contributed by atoms with Gasteiger partial charge in [0.05, 0.1) is 28.3 Å². The predicted octanol–water partition coefficient (Wildman–Crippen LogP) is 2.98. The molecule has 3 aromatic heterocycles. The first-order chi connectivity index (χ1) is 13.8. The molecule has 0 unspecified atom stereocenters. The Morgan fingerprint density at radius 3 is 2.21 bits per heavy atom. The second-order valence-electron chi connectivity index (χ2n) is 6.71. The maximum atomic E-state index is 12.5. The van der Waals surface area contributed by atoms with Crippen molar-refractivity contribution in [1.29, 1.82) is 0 Å². The summed E-state index contributed by atoms with van der Waals surface area (Å²) in [5, 5.41) is 4.64. The summed E-state index contributed by atoms with van der Waals surface area (Å²) in [7, 11) is 0. The maximum absolute atomic E-state index is 12.5. The molecule has 28 heavy (non-hydrogen) atoms. The van der Waals surface area contributed by atoms with Crippen LogP contribution in [-0.2, 0) is 0 Å². The van der Waals surface area contributed by atoms with Gasteiger partial charge in [-0.1, -0.05) is 12.8 Å². The van der Waals surface area contributed by atoms with Crippen molar-refractivity contribution in [3.05, 3.63) is 48.5 Å². The number of amides is 1. The zero-order chi connectivity index (χ0) is 19.3. The zero-order valence-corrected chi connectivity index (χ0v) is 15.6. The third-order valence-corrected chi connectivity index (χ3v) is 4.77. The van der Waals surface area contributed by atoms with Gasteiger partial charge >= 0.3 is 0 Å². The van der Waals surface area contributed by atoms with Crippen LogP contribution in [0.3, 0.4) is 0 Å². The van der Waals surface area contributed by atoms with Gasteiger partial charge < -0.3 is 11.1 Å². The molecule has 0 saturated carbocycles. The average molecular weight is 374 g/mol. The van der Waals surface area contributed by atoms with Crippen molar-refractivity contribution in [1.82, 2.24) is 25.3 Å². The molecule has 4 rings (SSSR count). The van der Waals surface area contributed by atoms with Gasteiger partial charge in [0.2, 0.25) is 0 Å². The highest BCUT2D eigenvalue weighted by atomic mass is 16.1. The number of carbonyl (C=O) groups is 1. The number of hydrogen-bond acceptors (Lipinski definition) is 6. The molecule has 7 heteroatoms. The average Bonchev–Trinajstić information content (AvgIpc) is 2.76. The van der Waals surface area contributed by atoms with Crippen molar-refractivity contribution in [3.63, 3.8) is 0 Å². The lowest BCUT2D eigenvalue weighted by Crippen LogP contribution is -2.25. The molecule has 0 saturated heterocycles. The van der Waals surface area contributed by atoms with E-state index >= 15 is 0 Å². The summed E-state index contributed by atoms with van der Waals surface area (Å²) in [6.45, 7) is 1.33. The lowest BCUT2D eigenvalue weighted by Gasteiger charge is -2.09. The molecule has 0 aliphatic rings. The molecule has 0 spiro atoms. The highest BCUT2D eigenvalue weighted by molar-refractivity contribution is 6.20. The number of nitrogens with zero attached hydrogens (tertiary/aromatic N) is 4. The minimum absolute atomic E-state index is 0.212. The molecule has 3 N–H and O–H groups in total. The van der Waals surface area contributed by atoms with Gasteiger partial charge in [0.1, 0.15) is 5.69 Å². The van der Waals surface area contributed by atoms with Gasteiger partial charge in [-0.3, -0.25) is 19.7 Å². The van der Waals surface area contributed by atoms with Crippen LogP contribution in [0.1, 0.15) is 36.2 Å². The Hall–Kier alpha value is -3.19. The van der Waals surface area contributed by atoms with Crippen molar-refractivity contribution in [2.24, 2.45) is 5.73 Å². The number of nitrogens with two attached hydrogens (primary N) is 1. The maximum Gasteiger partial charge on any atom is 0.271 e. The molecular weight excluding hydrogens is 352 g/mol. The fraction of sp³-hybridized carbons (Fsp3) is 0.286. The molecule has 0 atom stereocenters. The van der Waals surface area contributed by atoms with E-state index in [0.29, 0.717) is 24.3 Å². The smallest absolute Gasteiger partial charge is 0.271 e. The molecule has 0 aliphatic heterocycles. The van der Waals surface area contributed by atoms with Crippen LogP contribution < -0.4 is 11.1 Å². The first kappa shape index (κ1) is 18.2. The summed E-state index contributed by atoms with van der Waals surface area (Å²) in [6, 6.07) is 7.61. The molecule has 4 aromatic rings. The van der Waals surface area contributed by atoms with Crippen molar-refractivity contribution in [2.45, 2.75) is 25.7 Å². The van der Waals surface area contributed by atoms with Crippen LogP contribution in [0.2, 0.25) is 0 Å². The quantitative estimate of drug-likeness (QED) is 0.380. The number of unbranched alkanes of at least 4 members (excludes halogenated alkanes) is 3. The largest absolute Gasteiger partial charge is 0.351 e.